The average Bonchev–Trinajstić information content (AvgIpc) is 2.68. The minimum Gasteiger partial charge on any atom is -0.368 e. The molecule has 20 heavy (non-hydrogen) atoms. The van der Waals surface area contributed by atoms with Crippen LogP contribution in [-0.2, 0) is 4.79 Å². The maximum atomic E-state index is 11.9. The predicted molar refractivity (Wildman–Crippen MR) is 84.6 cm³/mol. The van der Waals surface area contributed by atoms with Crippen LogP contribution < -0.4 is 11.1 Å². The van der Waals surface area contributed by atoms with Crippen LogP contribution >= 0.6 is 0 Å². The van der Waals surface area contributed by atoms with Crippen LogP contribution in [0.15, 0.2) is 0 Å². The first-order valence-electron chi connectivity index (χ1n) is 8.06. The predicted octanol–water partition coefficient (Wildman–Crippen LogP) is 2.27. The van der Waals surface area contributed by atoms with Gasteiger partial charge >= 0.3 is 0 Å². The fourth-order valence-electron chi connectivity index (χ4n) is 3.86. The Kier molecular flexibility index (Phi) is 6.02. The Morgan fingerprint density at radius 3 is 2.45 bits per heavy atom. The molecule has 4 heteroatoms. The molecule has 0 aromatic carbocycles. The number of amides is 1. The molecule has 1 fully saturated rings. The molecule has 0 aromatic heterocycles. The molecule has 1 amide bonds. The molecule has 1 saturated heterocycles. The topological polar surface area (TPSA) is 58.4 Å². The van der Waals surface area contributed by atoms with Gasteiger partial charge in [0.15, 0.2) is 0 Å². The lowest BCUT2D eigenvalue weighted by molar-refractivity contribution is -0.125. The first-order chi connectivity index (χ1) is 9.21. The molecule has 0 aliphatic carbocycles. The quantitative estimate of drug-likeness (QED) is 0.753. The summed E-state index contributed by atoms with van der Waals surface area (Å²) in [5, 5.41) is 3.36. The van der Waals surface area contributed by atoms with Crippen LogP contribution in [0, 0.1) is 0 Å². The van der Waals surface area contributed by atoms with E-state index in [1.165, 1.54) is 19.3 Å². The Hall–Kier alpha value is -0.610. The summed E-state index contributed by atoms with van der Waals surface area (Å²) < 4.78 is 0. The molecule has 1 aliphatic heterocycles. The highest BCUT2D eigenvalue weighted by atomic mass is 16.1. The molecular weight excluding hydrogens is 250 g/mol. The van der Waals surface area contributed by atoms with Gasteiger partial charge in [0.25, 0.3) is 0 Å². The molecule has 0 radical (unpaired) electrons. The molecule has 1 rings (SSSR count). The minimum atomic E-state index is -0.631. The van der Waals surface area contributed by atoms with Gasteiger partial charge in [0.2, 0.25) is 5.91 Å². The van der Waals surface area contributed by atoms with E-state index >= 15 is 0 Å². The van der Waals surface area contributed by atoms with Crippen LogP contribution in [0.1, 0.15) is 67.2 Å². The molecule has 4 nitrogen and oxygen atoms in total. The van der Waals surface area contributed by atoms with E-state index < -0.39 is 5.54 Å². The maximum absolute atomic E-state index is 11.9. The van der Waals surface area contributed by atoms with Crippen LogP contribution in [0.5, 0.6) is 0 Å². The Bertz CT molecular complexity index is 332. The van der Waals surface area contributed by atoms with Gasteiger partial charge in [-0.25, -0.2) is 0 Å². The summed E-state index contributed by atoms with van der Waals surface area (Å²) in [5.74, 6) is -0.252. The van der Waals surface area contributed by atoms with Crippen molar-refractivity contribution < 1.29 is 4.79 Å². The van der Waals surface area contributed by atoms with Gasteiger partial charge in [-0.1, -0.05) is 6.92 Å². The summed E-state index contributed by atoms with van der Waals surface area (Å²) in [5.41, 5.74) is 5.02. The van der Waals surface area contributed by atoms with Crippen molar-refractivity contribution in [2.75, 3.05) is 0 Å². The van der Waals surface area contributed by atoms with Gasteiger partial charge in [-0.15, -0.1) is 0 Å². The number of nitrogens with one attached hydrogen (secondary N) is 1. The van der Waals surface area contributed by atoms with Gasteiger partial charge < -0.3 is 11.1 Å². The van der Waals surface area contributed by atoms with Gasteiger partial charge in [0, 0.05) is 24.2 Å². The van der Waals surface area contributed by atoms with Crippen molar-refractivity contribution in [1.82, 2.24) is 10.2 Å². The van der Waals surface area contributed by atoms with Crippen molar-refractivity contribution >= 4 is 5.91 Å². The van der Waals surface area contributed by atoms with Crippen LogP contribution in [0.4, 0.5) is 0 Å². The van der Waals surface area contributed by atoms with Gasteiger partial charge in [-0.3, -0.25) is 9.69 Å². The lowest BCUT2D eigenvalue weighted by Gasteiger charge is -2.39. The van der Waals surface area contributed by atoms with Gasteiger partial charge in [0.1, 0.15) is 0 Å². The summed E-state index contributed by atoms with van der Waals surface area (Å²) >= 11 is 0. The van der Waals surface area contributed by atoms with Crippen molar-refractivity contribution in [2.24, 2.45) is 5.73 Å². The molecule has 0 bridgehead atoms. The van der Waals surface area contributed by atoms with E-state index in [4.69, 9.17) is 5.73 Å². The van der Waals surface area contributed by atoms with E-state index in [0.29, 0.717) is 18.1 Å². The normalized spacial score (nSPS) is 28.6. The minimum absolute atomic E-state index is 0.248. The number of primary amides is 1. The fourth-order valence-corrected chi connectivity index (χ4v) is 3.86. The van der Waals surface area contributed by atoms with Crippen LogP contribution in [0.25, 0.3) is 0 Å². The SMILES string of the molecule is CCC1CCC(C)N1C(C)CC(C)(NC(C)C)C(N)=O. The zero-order valence-electron chi connectivity index (χ0n) is 14.1. The third kappa shape index (κ3) is 3.95. The van der Waals surface area contributed by atoms with E-state index in [1.807, 2.05) is 6.92 Å². The number of carbonyl (C=O) groups excluding carboxylic acids is 1. The molecule has 0 aromatic rings. The molecule has 1 aliphatic rings. The molecule has 1 heterocycles. The third-order valence-corrected chi connectivity index (χ3v) is 4.68. The molecular formula is C16H33N3O. The van der Waals surface area contributed by atoms with Crippen molar-refractivity contribution in [3.63, 3.8) is 0 Å². The Balaban J connectivity index is 2.80. The summed E-state index contributed by atoms with van der Waals surface area (Å²) in [7, 11) is 0. The second kappa shape index (κ2) is 6.90. The largest absolute Gasteiger partial charge is 0.368 e. The lowest BCUT2D eigenvalue weighted by atomic mass is 9.90. The number of carbonyl (C=O) groups is 1. The lowest BCUT2D eigenvalue weighted by Crippen LogP contribution is -2.59. The maximum Gasteiger partial charge on any atom is 0.237 e. The van der Waals surface area contributed by atoms with Crippen molar-refractivity contribution in [3.8, 4) is 0 Å². The highest BCUT2D eigenvalue weighted by Crippen LogP contribution is 2.31. The van der Waals surface area contributed by atoms with E-state index in [1.54, 1.807) is 0 Å². The summed E-state index contributed by atoms with van der Waals surface area (Å²) in [6.07, 6.45) is 4.47. The zero-order valence-corrected chi connectivity index (χ0v) is 14.1. The fraction of sp³-hybridized carbons (Fsp3) is 0.938. The summed E-state index contributed by atoms with van der Waals surface area (Å²) in [4.78, 5) is 14.5. The third-order valence-electron chi connectivity index (χ3n) is 4.68. The molecule has 4 unspecified atom stereocenters. The zero-order chi connectivity index (χ0) is 15.5. The summed E-state index contributed by atoms with van der Waals surface area (Å²) in [6.45, 7) is 12.8. The van der Waals surface area contributed by atoms with Crippen LogP contribution in [-0.4, -0.2) is 40.5 Å². The number of hydrogen-bond donors (Lipinski definition) is 2. The smallest absolute Gasteiger partial charge is 0.237 e. The van der Waals surface area contributed by atoms with Crippen molar-refractivity contribution in [3.05, 3.63) is 0 Å². The second-order valence-electron chi connectivity index (χ2n) is 6.98. The molecule has 0 saturated carbocycles. The van der Waals surface area contributed by atoms with Crippen LogP contribution in [0.2, 0.25) is 0 Å². The number of likely N-dealkylation sites (tertiary alicyclic amines) is 1. The highest BCUT2D eigenvalue weighted by molar-refractivity contribution is 5.84. The van der Waals surface area contributed by atoms with Crippen molar-refractivity contribution in [1.29, 1.82) is 0 Å². The second-order valence-corrected chi connectivity index (χ2v) is 6.98. The molecule has 4 atom stereocenters. The van der Waals surface area contributed by atoms with E-state index in [9.17, 15) is 4.79 Å². The van der Waals surface area contributed by atoms with Crippen LogP contribution in [0.3, 0.4) is 0 Å². The Morgan fingerprint density at radius 1 is 1.40 bits per heavy atom. The molecule has 3 N–H and O–H groups in total. The number of hydrogen-bond acceptors (Lipinski definition) is 3. The molecule has 0 spiro atoms. The first-order valence-corrected chi connectivity index (χ1v) is 8.06. The highest BCUT2D eigenvalue weighted by Gasteiger charge is 2.39. The average molecular weight is 283 g/mol. The van der Waals surface area contributed by atoms with Gasteiger partial charge in [0.05, 0.1) is 5.54 Å². The van der Waals surface area contributed by atoms with E-state index in [0.717, 1.165) is 6.42 Å². The van der Waals surface area contributed by atoms with E-state index in [2.05, 4.69) is 44.8 Å². The summed E-state index contributed by atoms with van der Waals surface area (Å²) in [6, 6.07) is 1.86. The monoisotopic (exact) mass is 283 g/mol. The van der Waals surface area contributed by atoms with E-state index in [-0.39, 0.29) is 11.9 Å². The first kappa shape index (κ1) is 17.4. The number of rotatable bonds is 7. The van der Waals surface area contributed by atoms with Gasteiger partial charge in [-0.05, 0) is 60.3 Å². The van der Waals surface area contributed by atoms with Gasteiger partial charge in [-0.2, -0.15) is 0 Å². The Labute approximate surface area is 124 Å². The number of nitrogens with two attached hydrogens (primary N) is 1. The number of nitrogens with zero attached hydrogens (tertiary/aromatic N) is 1. The van der Waals surface area contributed by atoms with Crippen molar-refractivity contribution in [2.45, 2.75) is 96.9 Å². The Morgan fingerprint density at radius 2 is 2.00 bits per heavy atom. The molecule has 118 valence electrons. The standard InChI is InChI=1S/C16H33N3O/c1-7-14-9-8-12(4)19(14)13(5)10-16(6,15(17)20)18-11(2)3/h11-14,18H,7-10H2,1-6H3,(H2,17,20).